The minimum Gasteiger partial charge on any atom is -0.312 e. The van der Waals surface area contributed by atoms with Gasteiger partial charge in [0.15, 0.2) is 0 Å². The lowest BCUT2D eigenvalue weighted by Gasteiger charge is -2.18. The first kappa shape index (κ1) is 18.0. The van der Waals surface area contributed by atoms with Crippen LogP contribution in [0.1, 0.15) is 17.5 Å². The van der Waals surface area contributed by atoms with E-state index in [0.717, 1.165) is 28.8 Å². The Bertz CT molecular complexity index is 969. The van der Waals surface area contributed by atoms with Gasteiger partial charge in [0.1, 0.15) is 0 Å². The highest BCUT2D eigenvalue weighted by molar-refractivity contribution is 6.36. The molecule has 0 saturated heterocycles. The Morgan fingerprint density at radius 2 is 1.74 bits per heavy atom. The normalized spacial score (nSPS) is 12.9. The molecule has 136 valence electrons. The summed E-state index contributed by atoms with van der Waals surface area (Å²) >= 11 is 12.4. The SMILES string of the molecule is O=C(CCc1c(Cl)cccc1Cl)N1CCc2cc(-c3ccncc3)ccc21. The van der Waals surface area contributed by atoms with Gasteiger partial charge in [-0.05, 0) is 71.5 Å². The third-order valence-electron chi connectivity index (χ3n) is 4.94. The second-order valence-electron chi connectivity index (χ2n) is 6.57. The minimum absolute atomic E-state index is 0.0985. The molecule has 2 heterocycles. The standard InChI is InChI=1S/C22H18Cl2N2O/c23-19-2-1-3-20(24)18(19)5-7-22(27)26-13-10-17-14-16(4-6-21(17)26)15-8-11-25-12-9-15/h1-4,6,8-9,11-12,14H,5,7,10,13H2. The predicted molar refractivity (Wildman–Crippen MR) is 111 cm³/mol. The van der Waals surface area contributed by atoms with Crippen LogP contribution in [0.25, 0.3) is 11.1 Å². The molecule has 4 rings (SSSR count). The Labute approximate surface area is 168 Å². The van der Waals surface area contributed by atoms with Crippen LogP contribution in [0.5, 0.6) is 0 Å². The number of hydrogen-bond donors (Lipinski definition) is 0. The Balaban J connectivity index is 1.50. The number of rotatable bonds is 4. The Hall–Kier alpha value is -2.36. The number of anilines is 1. The van der Waals surface area contributed by atoms with Crippen molar-refractivity contribution in [2.75, 3.05) is 11.4 Å². The van der Waals surface area contributed by atoms with Crippen LogP contribution >= 0.6 is 23.2 Å². The first-order chi connectivity index (χ1) is 13.1. The van der Waals surface area contributed by atoms with Crippen molar-refractivity contribution in [2.24, 2.45) is 0 Å². The van der Waals surface area contributed by atoms with Crippen molar-refractivity contribution in [2.45, 2.75) is 19.3 Å². The van der Waals surface area contributed by atoms with Gasteiger partial charge in [-0.2, -0.15) is 0 Å². The molecule has 2 aromatic carbocycles. The van der Waals surface area contributed by atoms with Gasteiger partial charge >= 0.3 is 0 Å². The number of amides is 1. The van der Waals surface area contributed by atoms with Crippen LogP contribution < -0.4 is 4.90 Å². The molecule has 0 radical (unpaired) electrons. The van der Waals surface area contributed by atoms with Crippen molar-refractivity contribution in [3.8, 4) is 11.1 Å². The van der Waals surface area contributed by atoms with Crippen molar-refractivity contribution in [3.63, 3.8) is 0 Å². The molecule has 0 N–H and O–H groups in total. The molecule has 1 aromatic heterocycles. The summed E-state index contributed by atoms with van der Waals surface area (Å²) in [4.78, 5) is 18.7. The monoisotopic (exact) mass is 396 g/mol. The predicted octanol–water partition coefficient (Wildman–Crippen LogP) is 5.58. The molecule has 1 aliphatic heterocycles. The smallest absolute Gasteiger partial charge is 0.227 e. The van der Waals surface area contributed by atoms with E-state index in [4.69, 9.17) is 23.2 Å². The van der Waals surface area contributed by atoms with Crippen LogP contribution in [0.15, 0.2) is 60.9 Å². The lowest BCUT2D eigenvalue weighted by molar-refractivity contribution is -0.118. The fourth-order valence-electron chi connectivity index (χ4n) is 3.52. The van der Waals surface area contributed by atoms with Gasteiger partial charge in [-0.15, -0.1) is 0 Å². The van der Waals surface area contributed by atoms with Gasteiger partial charge < -0.3 is 4.90 Å². The van der Waals surface area contributed by atoms with Crippen LogP contribution in [0.3, 0.4) is 0 Å². The summed E-state index contributed by atoms with van der Waals surface area (Å²) in [5.74, 6) is 0.0985. The fourth-order valence-corrected chi connectivity index (χ4v) is 4.11. The molecule has 3 aromatic rings. The van der Waals surface area contributed by atoms with Gasteiger partial charge in [0.2, 0.25) is 5.91 Å². The van der Waals surface area contributed by atoms with Gasteiger partial charge in [-0.3, -0.25) is 9.78 Å². The van der Waals surface area contributed by atoms with Crippen molar-refractivity contribution < 1.29 is 4.79 Å². The average Bonchev–Trinajstić information content (AvgIpc) is 3.11. The lowest BCUT2D eigenvalue weighted by Crippen LogP contribution is -2.29. The van der Waals surface area contributed by atoms with E-state index in [-0.39, 0.29) is 5.91 Å². The summed E-state index contributed by atoms with van der Waals surface area (Å²) in [7, 11) is 0. The van der Waals surface area contributed by atoms with E-state index in [2.05, 4.69) is 17.1 Å². The van der Waals surface area contributed by atoms with E-state index < -0.39 is 0 Å². The molecule has 0 saturated carbocycles. The molecule has 1 aliphatic rings. The first-order valence-corrected chi connectivity index (χ1v) is 9.65. The van der Waals surface area contributed by atoms with Gasteiger partial charge in [0.05, 0.1) is 0 Å². The Kier molecular flexibility index (Phi) is 5.15. The number of carbonyl (C=O) groups excluding carboxylic acids is 1. The molecule has 5 heteroatoms. The maximum absolute atomic E-state index is 12.8. The number of benzene rings is 2. The molecule has 27 heavy (non-hydrogen) atoms. The number of pyridine rings is 1. The van der Waals surface area contributed by atoms with Crippen molar-refractivity contribution in [3.05, 3.63) is 82.1 Å². The highest BCUT2D eigenvalue weighted by atomic mass is 35.5. The molecule has 1 amide bonds. The molecule has 3 nitrogen and oxygen atoms in total. The quantitative estimate of drug-likeness (QED) is 0.576. The van der Waals surface area contributed by atoms with Crippen molar-refractivity contribution >= 4 is 34.8 Å². The molecule has 0 aliphatic carbocycles. The third kappa shape index (κ3) is 3.71. The van der Waals surface area contributed by atoms with E-state index in [0.29, 0.717) is 29.4 Å². The van der Waals surface area contributed by atoms with Gasteiger partial charge in [0, 0.05) is 41.1 Å². The zero-order valence-corrected chi connectivity index (χ0v) is 16.2. The molecule has 0 spiro atoms. The summed E-state index contributed by atoms with van der Waals surface area (Å²) in [5.41, 5.74) is 5.32. The van der Waals surface area contributed by atoms with Crippen LogP contribution in [-0.4, -0.2) is 17.4 Å². The van der Waals surface area contributed by atoms with Gasteiger partial charge in [-0.1, -0.05) is 35.3 Å². The average molecular weight is 397 g/mol. The third-order valence-corrected chi connectivity index (χ3v) is 5.65. The summed E-state index contributed by atoms with van der Waals surface area (Å²) in [5, 5.41) is 1.22. The van der Waals surface area contributed by atoms with E-state index >= 15 is 0 Å². The summed E-state index contributed by atoms with van der Waals surface area (Å²) in [6.45, 7) is 0.713. The molecule has 0 unspecified atom stereocenters. The Morgan fingerprint density at radius 3 is 2.48 bits per heavy atom. The molecule has 0 fully saturated rings. The van der Waals surface area contributed by atoms with Gasteiger partial charge in [0.25, 0.3) is 0 Å². The highest BCUT2D eigenvalue weighted by Gasteiger charge is 2.25. The highest BCUT2D eigenvalue weighted by Crippen LogP contribution is 2.33. The number of aromatic nitrogens is 1. The zero-order chi connectivity index (χ0) is 18.8. The zero-order valence-electron chi connectivity index (χ0n) is 14.7. The first-order valence-electron chi connectivity index (χ1n) is 8.90. The summed E-state index contributed by atoms with van der Waals surface area (Å²) in [6, 6.07) is 15.7. The van der Waals surface area contributed by atoms with Crippen molar-refractivity contribution in [1.82, 2.24) is 4.98 Å². The number of nitrogens with zero attached hydrogens (tertiary/aromatic N) is 2. The van der Waals surface area contributed by atoms with Crippen LogP contribution in [0.2, 0.25) is 10.0 Å². The largest absolute Gasteiger partial charge is 0.312 e. The molecular formula is C22H18Cl2N2O. The number of carbonyl (C=O) groups is 1. The molecule has 0 atom stereocenters. The second kappa shape index (κ2) is 7.71. The maximum Gasteiger partial charge on any atom is 0.227 e. The van der Waals surface area contributed by atoms with E-state index in [1.807, 2.05) is 29.2 Å². The fraction of sp³-hybridized carbons (Fsp3) is 0.182. The van der Waals surface area contributed by atoms with Crippen LogP contribution in [-0.2, 0) is 17.6 Å². The molecular weight excluding hydrogens is 379 g/mol. The van der Waals surface area contributed by atoms with Crippen molar-refractivity contribution in [1.29, 1.82) is 0 Å². The lowest BCUT2D eigenvalue weighted by atomic mass is 10.0. The Morgan fingerprint density at radius 1 is 1.00 bits per heavy atom. The van der Waals surface area contributed by atoms with E-state index in [9.17, 15) is 4.79 Å². The van der Waals surface area contributed by atoms with Crippen LogP contribution in [0, 0.1) is 0 Å². The maximum atomic E-state index is 12.8. The summed E-state index contributed by atoms with van der Waals surface area (Å²) < 4.78 is 0. The topological polar surface area (TPSA) is 33.2 Å². The number of hydrogen-bond acceptors (Lipinski definition) is 2. The van der Waals surface area contributed by atoms with E-state index in [1.165, 1.54) is 5.56 Å². The minimum atomic E-state index is 0.0985. The number of fused-ring (bicyclic) bond motifs is 1. The summed E-state index contributed by atoms with van der Waals surface area (Å²) in [6.07, 6.45) is 5.37. The number of halogens is 2. The van der Waals surface area contributed by atoms with E-state index in [1.54, 1.807) is 24.5 Å². The van der Waals surface area contributed by atoms with Gasteiger partial charge in [-0.25, -0.2) is 0 Å². The second-order valence-corrected chi connectivity index (χ2v) is 7.39. The molecule has 0 bridgehead atoms. The van der Waals surface area contributed by atoms with Crippen LogP contribution in [0.4, 0.5) is 5.69 Å².